The number of rotatable bonds is 6. The molecule has 0 saturated heterocycles. The van der Waals surface area contributed by atoms with E-state index >= 15 is 0 Å². The van der Waals surface area contributed by atoms with Crippen LogP contribution in [0.15, 0.2) is 24.3 Å². The van der Waals surface area contributed by atoms with Crippen molar-refractivity contribution in [1.82, 2.24) is 0 Å². The van der Waals surface area contributed by atoms with Gasteiger partial charge in [0.05, 0.1) is 18.4 Å². The third kappa shape index (κ3) is 4.57. The van der Waals surface area contributed by atoms with Crippen LogP contribution in [-0.2, 0) is 22.4 Å². The molecule has 1 N–H and O–H groups in total. The fraction of sp³-hybridized carbons (Fsp3) is 0.214. The highest BCUT2D eigenvalue weighted by atomic mass is 35.5. The van der Waals surface area contributed by atoms with Crippen LogP contribution in [-0.4, -0.2) is 22.7 Å². The van der Waals surface area contributed by atoms with Crippen LogP contribution in [0, 0.1) is 11.3 Å². The Labute approximate surface area is 115 Å². The Kier molecular flexibility index (Phi) is 5.77. The minimum Gasteiger partial charge on any atom is -0.478 e. The van der Waals surface area contributed by atoms with Crippen molar-refractivity contribution in [3.05, 3.63) is 41.0 Å². The molecular formula is C14H12ClNO3. The lowest BCUT2D eigenvalue weighted by Crippen LogP contribution is -2.07. The van der Waals surface area contributed by atoms with Gasteiger partial charge in [-0.25, -0.2) is 4.79 Å². The molecule has 1 aromatic rings. The molecule has 0 spiro atoms. The van der Waals surface area contributed by atoms with Crippen molar-refractivity contribution in [2.45, 2.75) is 12.8 Å². The molecule has 0 aromatic heterocycles. The normalized spacial score (nSPS) is 10.3. The highest BCUT2D eigenvalue weighted by Crippen LogP contribution is 2.18. The molecular weight excluding hydrogens is 266 g/mol. The number of carboxylic acids is 1. The number of halogens is 1. The molecule has 5 heteroatoms. The monoisotopic (exact) mass is 277 g/mol. The van der Waals surface area contributed by atoms with Crippen molar-refractivity contribution in [2.75, 3.05) is 5.88 Å². The lowest BCUT2D eigenvalue weighted by atomic mass is 9.95. The standard InChI is InChI=1S/C14H12ClNO3/c15-9-12(17)8-11-3-1-2-10(4-5-14(18)19)13(11)6-7-16/h1-5H,6,8-9H2,(H,18,19)/b5-4+. The van der Waals surface area contributed by atoms with E-state index in [0.29, 0.717) is 16.7 Å². The molecule has 0 fully saturated rings. The number of carbonyl (C=O) groups excluding carboxylic acids is 1. The van der Waals surface area contributed by atoms with Gasteiger partial charge in [0.2, 0.25) is 0 Å². The molecule has 0 saturated carbocycles. The van der Waals surface area contributed by atoms with E-state index in [1.807, 2.05) is 6.07 Å². The summed E-state index contributed by atoms with van der Waals surface area (Å²) in [5, 5.41) is 17.5. The molecule has 0 amide bonds. The predicted molar refractivity (Wildman–Crippen MR) is 71.9 cm³/mol. The second-order valence-electron chi connectivity index (χ2n) is 3.84. The average molecular weight is 278 g/mol. The first-order valence-electron chi connectivity index (χ1n) is 5.55. The zero-order chi connectivity index (χ0) is 14.3. The largest absolute Gasteiger partial charge is 0.478 e. The van der Waals surface area contributed by atoms with Crippen LogP contribution in [0.1, 0.15) is 16.7 Å². The van der Waals surface area contributed by atoms with Crippen molar-refractivity contribution in [2.24, 2.45) is 0 Å². The van der Waals surface area contributed by atoms with Crippen LogP contribution < -0.4 is 0 Å². The molecule has 0 heterocycles. The molecule has 4 nitrogen and oxygen atoms in total. The van der Waals surface area contributed by atoms with Gasteiger partial charge < -0.3 is 5.11 Å². The first kappa shape index (κ1) is 14.9. The van der Waals surface area contributed by atoms with Gasteiger partial charge in [0.15, 0.2) is 5.78 Å². The Morgan fingerprint density at radius 2 is 2.16 bits per heavy atom. The van der Waals surface area contributed by atoms with Gasteiger partial charge in [-0.2, -0.15) is 5.26 Å². The lowest BCUT2D eigenvalue weighted by Gasteiger charge is -2.09. The van der Waals surface area contributed by atoms with Gasteiger partial charge >= 0.3 is 5.97 Å². The van der Waals surface area contributed by atoms with Gasteiger partial charge in [0.25, 0.3) is 0 Å². The van der Waals surface area contributed by atoms with E-state index < -0.39 is 5.97 Å². The Morgan fingerprint density at radius 3 is 2.74 bits per heavy atom. The van der Waals surface area contributed by atoms with E-state index in [4.69, 9.17) is 22.0 Å². The number of carbonyl (C=O) groups is 2. The van der Waals surface area contributed by atoms with Crippen LogP contribution in [0.25, 0.3) is 6.08 Å². The number of ketones is 1. The number of Topliss-reactive ketones (excluding diaryl/α,β-unsaturated/α-hetero) is 1. The van der Waals surface area contributed by atoms with Crippen molar-refractivity contribution in [1.29, 1.82) is 5.26 Å². The summed E-state index contributed by atoms with van der Waals surface area (Å²) in [6.07, 6.45) is 2.69. The minimum absolute atomic E-state index is 0.0822. The van der Waals surface area contributed by atoms with Crippen molar-refractivity contribution in [3.63, 3.8) is 0 Å². The fourth-order valence-corrected chi connectivity index (χ4v) is 1.79. The Bertz CT molecular complexity index is 558. The highest BCUT2D eigenvalue weighted by molar-refractivity contribution is 6.27. The molecule has 0 aliphatic heterocycles. The van der Waals surface area contributed by atoms with Gasteiger partial charge in [-0.05, 0) is 22.8 Å². The molecule has 0 bridgehead atoms. The maximum Gasteiger partial charge on any atom is 0.328 e. The molecule has 0 unspecified atom stereocenters. The molecule has 19 heavy (non-hydrogen) atoms. The zero-order valence-corrected chi connectivity index (χ0v) is 10.9. The van der Waals surface area contributed by atoms with E-state index in [2.05, 4.69) is 0 Å². The highest BCUT2D eigenvalue weighted by Gasteiger charge is 2.10. The van der Waals surface area contributed by atoms with E-state index in [1.165, 1.54) is 6.08 Å². The smallest absolute Gasteiger partial charge is 0.328 e. The third-order valence-electron chi connectivity index (χ3n) is 2.51. The number of nitriles is 1. The minimum atomic E-state index is -1.06. The first-order valence-corrected chi connectivity index (χ1v) is 6.08. The second kappa shape index (κ2) is 7.34. The van der Waals surface area contributed by atoms with E-state index in [0.717, 1.165) is 6.08 Å². The topological polar surface area (TPSA) is 78.2 Å². The van der Waals surface area contributed by atoms with Gasteiger partial charge in [0.1, 0.15) is 0 Å². The van der Waals surface area contributed by atoms with Crippen molar-refractivity contribution >= 4 is 29.4 Å². The maximum atomic E-state index is 11.4. The Morgan fingerprint density at radius 1 is 1.42 bits per heavy atom. The molecule has 0 radical (unpaired) electrons. The van der Waals surface area contributed by atoms with Crippen LogP contribution in [0.4, 0.5) is 0 Å². The Hall–Kier alpha value is -2.12. The number of alkyl halides is 1. The molecule has 0 atom stereocenters. The molecule has 98 valence electrons. The van der Waals surface area contributed by atoms with Gasteiger partial charge in [-0.1, -0.05) is 18.2 Å². The molecule has 1 rings (SSSR count). The number of nitrogens with zero attached hydrogens (tertiary/aromatic N) is 1. The van der Waals surface area contributed by atoms with Crippen molar-refractivity contribution < 1.29 is 14.7 Å². The van der Waals surface area contributed by atoms with Gasteiger partial charge in [0, 0.05) is 12.5 Å². The SMILES string of the molecule is N#CCc1c(/C=C/C(=O)O)cccc1CC(=O)CCl. The first-order chi connectivity index (χ1) is 9.08. The molecule has 0 aliphatic rings. The Balaban J connectivity index is 3.17. The summed E-state index contributed by atoms with van der Waals surface area (Å²) in [4.78, 5) is 21.9. The van der Waals surface area contributed by atoms with Crippen molar-refractivity contribution in [3.8, 4) is 6.07 Å². The summed E-state index contributed by atoms with van der Waals surface area (Å²) in [6, 6.07) is 7.19. The summed E-state index contributed by atoms with van der Waals surface area (Å²) in [7, 11) is 0. The number of carboxylic acid groups (broad SMARTS) is 1. The molecule has 0 aliphatic carbocycles. The fourth-order valence-electron chi connectivity index (χ4n) is 1.69. The summed E-state index contributed by atoms with van der Waals surface area (Å²) >= 11 is 5.47. The summed E-state index contributed by atoms with van der Waals surface area (Å²) in [5.41, 5.74) is 2.00. The number of hydrogen-bond acceptors (Lipinski definition) is 3. The predicted octanol–water partition coefficient (Wildman–Crippen LogP) is 2.20. The van der Waals surface area contributed by atoms with Crippen LogP contribution in [0.5, 0.6) is 0 Å². The average Bonchev–Trinajstić information content (AvgIpc) is 2.39. The summed E-state index contributed by atoms with van der Waals surface area (Å²) in [5.74, 6) is -1.29. The lowest BCUT2D eigenvalue weighted by molar-refractivity contribution is -0.131. The number of hydrogen-bond donors (Lipinski definition) is 1. The second-order valence-corrected chi connectivity index (χ2v) is 4.11. The number of aliphatic carboxylic acids is 1. The van der Waals surface area contributed by atoms with Gasteiger partial charge in [-0.3, -0.25) is 4.79 Å². The van der Waals surface area contributed by atoms with E-state index in [9.17, 15) is 9.59 Å². The summed E-state index contributed by atoms with van der Waals surface area (Å²) < 4.78 is 0. The maximum absolute atomic E-state index is 11.4. The molecule has 1 aromatic carbocycles. The zero-order valence-electron chi connectivity index (χ0n) is 10.1. The summed E-state index contributed by atoms with van der Waals surface area (Å²) in [6.45, 7) is 0. The third-order valence-corrected chi connectivity index (χ3v) is 2.81. The van der Waals surface area contributed by atoms with E-state index in [-0.39, 0.29) is 24.5 Å². The number of benzene rings is 1. The van der Waals surface area contributed by atoms with Crippen LogP contribution in [0.3, 0.4) is 0 Å². The quantitative estimate of drug-likeness (QED) is 0.639. The van der Waals surface area contributed by atoms with Crippen LogP contribution in [0.2, 0.25) is 0 Å². The van der Waals surface area contributed by atoms with E-state index in [1.54, 1.807) is 18.2 Å². The van der Waals surface area contributed by atoms with Gasteiger partial charge in [-0.15, -0.1) is 11.6 Å². The van der Waals surface area contributed by atoms with Crippen LogP contribution >= 0.6 is 11.6 Å².